The predicted molar refractivity (Wildman–Crippen MR) is 90.2 cm³/mol. The number of nitrogens with one attached hydrogen (secondary N) is 2. The van der Waals surface area contributed by atoms with E-state index in [1.807, 2.05) is 4.90 Å². The Labute approximate surface area is 143 Å². The van der Waals surface area contributed by atoms with Crippen LogP contribution in [0.5, 0.6) is 0 Å². The number of hydrogen-bond acceptors (Lipinski definition) is 5. The number of nitrogens with two attached hydrogens (primary N) is 1. The van der Waals surface area contributed by atoms with Crippen molar-refractivity contribution >= 4 is 17.9 Å². The second-order valence-electron chi connectivity index (χ2n) is 7.13. The molecule has 138 valence electrons. The van der Waals surface area contributed by atoms with Gasteiger partial charge in [-0.3, -0.25) is 14.5 Å². The van der Waals surface area contributed by atoms with Gasteiger partial charge in [0.25, 0.3) is 0 Å². The third-order valence-corrected chi connectivity index (χ3v) is 3.88. The van der Waals surface area contributed by atoms with Gasteiger partial charge in [-0.15, -0.1) is 0 Å². The number of piperidine rings is 1. The molecule has 0 aliphatic carbocycles. The summed E-state index contributed by atoms with van der Waals surface area (Å²) in [5.74, 6) is -0.609. The summed E-state index contributed by atoms with van der Waals surface area (Å²) in [5, 5.41) is 5.40. The van der Waals surface area contributed by atoms with E-state index >= 15 is 0 Å². The summed E-state index contributed by atoms with van der Waals surface area (Å²) in [5.41, 5.74) is 4.78. The number of primary amides is 1. The summed E-state index contributed by atoms with van der Waals surface area (Å²) in [7, 11) is 0. The highest BCUT2D eigenvalue weighted by molar-refractivity contribution is 5.80. The number of nitrogens with zero attached hydrogens (tertiary/aromatic N) is 1. The lowest BCUT2D eigenvalue weighted by molar-refractivity contribution is -0.129. The molecule has 24 heavy (non-hydrogen) atoms. The van der Waals surface area contributed by atoms with E-state index in [0.29, 0.717) is 19.6 Å². The van der Waals surface area contributed by atoms with Crippen molar-refractivity contribution in [3.63, 3.8) is 0 Å². The van der Waals surface area contributed by atoms with Gasteiger partial charge in [0.15, 0.2) is 0 Å². The summed E-state index contributed by atoms with van der Waals surface area (Å²) in [4.78, 5) is 36.9. The molecule has 3 amide bonds. The highest BCUT2D eigenvalue weighted by Gasteiger charge is 2.29. The fourth-order valence-electron chi connectivity index (χ4n) is 2.56. The number of alkyl carbamates (subject to hydrolysis) is 1. The minimum Gasteiger partial charge on any atom is -0.444 e. The number of rotatable bonds is 6. The number of likely N-dealkylation sites (tertiary alicyclic amines) is 1. The van der Waals surface area contributed by atoms with Crippen molar-refractivity contribution in [3.8, 4) is 0 Å². The van der Waals surface area contributed by atoms with Crippen LogP contribution in [0.1, 0.15) is 40.5 Å². The zero-order chi connectivity index (χ0) is 18.3. The monoisotopic (exact) mass is 342 g/mol. The SMILES string of the molecule is C[C@H](C(N)=O)N1CCC[C@H](C(=O)NCCNC(=O)OC(C)(C)C)C1. The molecule has 0 aromatic rings. The average molecular weight is 342 g/mol. The molecule has 4 N–H and O–H groups in total. The number of amides is 3. The Morgan fingerprint density at radius 3 is 2.46 bits per heavy atom. The molecule has 2 atom stereocenters. The second-order valence-corrected chi connectivity index (χ2v) is 7.13. The fourth-order valence-corrected chi connectivity index (χ4v) is 2.56. The molecule has 0 saturated carbocycles. The van der Waals surface area contributed by atoms with E-state index in [0.717, 1.165) is 19.4 Å². The van der Waals surface area contributed by atoms with Crippen molar-refractivity contribution in [2.75, 3.05) is 26.2 Å². The van der Waals surface area contributed by atoms with Crippen LogP contribution in [-0.4, -0.2) is 60.6 Å². The molecule has 8 nitrogen and oxygen atoms in total. The first-order valence-electron chi connectivity index (χ1n) is 8.38. The maximum Gasteiger partial charge on any atom is 0.407 e. The van der Waals surface area contributed by atoms with Crippen molar-refractivity contribution in [2.45, 2.75) is 52.2 Å². The number of ether oxygens (including phenoxy) is 1. The van der Waals surface area contributed by atoms with E-state index < -0.39 is 11.7 Å². The van der Waals surface area contributed by atoms with Crippen LogP contribution in [0.15, 0.2) is 0 Å². The molecule has 0 aromatic carbocycles. The van der Waals surface area contributed by atoms with E-state index in [2.05, 4.69) is 10.6 Å². The lowest BCUT2D eigenvalue weighted by Crippen LogP contribution is -2.50. The molecule has 0 radical (unpaired) electrons. The average Bonchev–Trinajstić information content (AvgIpc) is 2.48. The molecule has 0 unspecified atom stereocenters. The quantitative estimate of drug-likeness (QED) is 0.597. The van der Waals surface area contributed by atoms with E-state index in [-0.39, 0.29) is 23.8 Å². The van der Waals surface area contributed by atoms with E-state index in [1.165, 1.54) is 0 Å². The molecule has 0 aromatic heterocycles. The molecular weight excluding hydrogens is 312 g/mol. The van der Waals surface area contributed by atoms with Gasteiger partial charge in [-0.2, -0.15) is 0 Å². The molecule has 1 rings (SSSR count). The molecule has 1 aliphatic rings. The number of hydrogen-bond donors (Lipinski definition) is 3. The van der Waals surface area contributed by atoms with Crippen LogP contribution in [-0.2, 0) is 14.3 Å². The molecular formula is C16H30N4O4. The fraction of sp³-hybridized carbons (Fsp3) is 0.812. The van der Waals surface area contributed by atoms with E-state index in [1.54, 1.807) is 27.7 Å². The Morgan fingerprint density at radius 1 is 1.25 bits per heavy atom. The first-order chi connectivity index (χ1) is 11.1. The van der Waals surface area contributed by atoms with Crippen LogP contribution in [0.25, 0.3) is 0 Å². The third kappa shape index (κ3) is 7.16. The van der Waals surface area contributed by atoms with Gasteiger partial charge in [0.2, 0.25) is 11.8 Å². The molecule has 1 heterocycles. The largest absolute Gasteiger partial charge is 0.444 e. The summed E-state index contributed by atoms with van der Waals surface area (Å²) in [6.45, 7) is 9.05. The first-order valence-corrected chi connectivity index (χ1v) is 8.38. The Balaban J connectivity index is 2.30. The van der Waals surface area contributed by atoms with Gasteiger partial charge in [0.1, 0.15) is 5.60 Å². The Bertz CT molecular complexity index is 461. The highest BCUT2D eigenvalue weighted by atomic mass is 16.6. The predicted octanol–water partition coefficient (Wildman–Crippen LogP) is 0.213. The van der Waals surface area contributed by atoms with E-state index in [9.17, 15) is 14.4 Å². The van der Waals surface area contributed by atoms with Crippen molar-refractivity contribution in [1.29, 1.82) is 0 Å². The maximum atomic E-state index is 12.2. The summed E-state index contributed by atoms with van der Waals surface area (Å²) in [6, 6.07) is -0.366. The highest BCUT2D eigenvalue weighted by Crippen LogP contribution is 2.18. The Morgan fingerprint density at radius 2 is 1.88 bits per heavy atom. The third-order valence-electron chi connectivity index (χ3n) is 3.88. The van der Waals surface area contributed by atoms with Gasteiger partial charge in [-0.1, -0.05) is 0 Å². The van der Waals surface area contributed by atoms with Gasteiger partial charge < -0.3 is 21.1 Å². The molecule has 1 aliphatic heterocycles. The molecule has 1 saturated heterocycles. The maximum absolute atomic E-state index is 12.2. The van der Waals surface area contributed by atoms with Crippen molar-refractivity contribution in [1.82, 2.24) is 15.5 Å². The van der Waals surface area contributed by atoms with Gasteiger partial charge in [-0.25, -0.2) is 4.79 Å². The lowest BCUT2D eigenvalue weighted by Gasteiger charge is -2.34. The second kappa shape index (κ2) is 8.86. The summed E-state index contributed by atoms with van der Waals surface area (Å²) in [6.07, 6.45) is 1.13. The molecule has 1 fully saturated rings. The zero-order valence-electron chi connectivity index (χ0n) is 15.1. The molecule has 0 bridgehead atoms. The standard InChI is InChI=1S/C16H30N4O4/c1-11(13(17)21)20-9-5-6-12(10-20)14(22)18-7-8-19-15(23)24-16(2,3)4/h11-12H,5-10H2,1-4H3,(H2,17,21)(H,18,22)(H,19,23)/t11-,12+/m1/s1. The van der Waals surface area contributed by atoms with Gasteiger partial charge in [-0.05, 0) is 47.1 Å². The van der Waals surface area contributed by atoms with Crippen molar-refractivity contribution in [3.05, 3.63) is 0 Å². The van der Waals surface area contributed by atoms with Crippen LogP contribution in [0.2, 0.25) is 0 Å². The summed E-state index contributed by atoms with van der Waals surface area (Å²) >= 11 is 0. The van der Waals surface area contributed by atoms with E-state index in [4.69, 9.17) is 10.5 Å². The van der Waals surface area contributed by atoms with Crippen LogP contribution in [0, 0.1) is 5.92 Å². The normalized spacial score (nSPS) is 20.1. The van der Waals surface area contributed by atoms with Gasteiger partial charge in [0.05, 0.1) is 12.0 Å². The molecule has 8 heteroatoms. The summed E-state index contributed by atoms with van der Waals surface area (Å²) < 4.78 is 5.11. The Hall–Kier alpha value is -1.83. The van der Waals surface area contributed by atoms with Gasteiger partial charge in [0, 0.05) is 19.6 Å². The smallest absolute Gasteiger partial charge is 0.407 e. The van der Waals surface area contributed by atoms with Crippen LogP contribution in [0.3, 0.4) is 0 Å². The Kier molecular flexibility index (Phi) is 7.47. The topological polar surface area (TPSA) is 114 Å². The zero-order valence-corrected chi connectivity index (χ0v) is 15.1. The van der Waals surface area contributed by atoms with Crippen LogP contribution in [0.4, 0.5) is 4.79 Å². The molecule has 0 spiro atoms. The number of carbonyl (C=O) groups is 3. The van der Waals surface area contributed by atoms with Crippen molar-refractivity contribution in [2.24, 2.45) is 11.7 Å². The minimum atomic E-state index is -0.546. The number of carbonyl (C=O) groups excluding carboxylic acids is 3. The lowest BCUT2D eigenvalue weighted by atomic mass is 9.96. The first kappa shape index (κ1) is 20.2. The van der Waals surface area contributed by atoms with Gasteiger partial charge >= 0.3 is 6.09 Å². The minimum absolute atomic E-state index is 0.0673. The van der Waals surface area contributed by atoms with Crippen molar-refractivity contribution < 1.29 is 19.1 Å². The van der Waals surface area contributed by atoms with Crippen LogP contribution < -0.4 is 16.4 Å². The van der Waals surface area contributed by atoms with Crippen LogP contribution >= 0.6 is 0 Å².